The molecule has 1 atom stereocenters. The predicted octanol–water partition coefficient (Wildman–Crippen LogP) is 4.11. The number of Topliss-reactive ketones (excluding diaryl/α,β-unsaturated/α-hetero) is 1. The number of amides is 1. The van der Waals surface area contributed by atoms with Crippen LogP contribution in [0.4, 0.5) is 0 Å². The number of hydrogen-bond donors (Lipinski definition) is 0. The molecule has 1 aliphatic carbocycles. The van der Waals surface area contributed by atoms with Gasteiger partial charge in [0.25, 0.3) is 0 Å². The van der Waals surface area contributed by atoms with Crippen LogP contribution >= 0.6 is 0 Å². The van der Waals surface area contributed by atoms with Gasteiger partial charge in [0.1, 0.15) is 0 Å². The molecule has 4 rings (SSSR count). The molecular formula is C24H30N4O2. The summed E-state index contributed by atoms with van der Waals surface area (Å²) in [5, 5.41) is 4.94. The summed E-state index contributed by atoms with van der Waals surface area (Å²) in [7, 11) is 0. The number of carbonyl (C=O) groups is 2. The molecular weight excluding hydrogens is 376 g/mol. The first kappa shape index (κ1) is 20.5. The lowest BCUT2D eigenvalue weighted by atomic mass is 9.75. The maximum absolute atomic E-state index is 13.2. The Kier molecular flexibility index (Phi) is 5.35. The molecule has 0 radical (unpaired) electrons. The van der Waals surface area contributed by atoms with Gasteiger partial charge in [-0.15, -0.1) is 0 Å². The highest BCUT2D eigenvalue weighted by molar-refractivity contribution is 6.00. The summed E-state index contributed by atoms with van der Waals surface area (Å²) in [6.07, 6.45) is 6.53. The summed E-state index contributed by atoms with van der Waals surface area (Å²) in [6.45, 7) is 9.35. The van der Waals surface area contributed by atoms with Gasteiger partial charge in [0.15, 0.2) is 5.78 Å². The molecule has 6 heteroatoms. The first-order valence-corrected chi connectivity index (χ1v) is 10.7. The maximum atomic E-state index is 13.2. The van der Waals surface area contributed by atoms with Crippen molar-refractivity contribution in [3.05, 3.63) is 58.7 Å². The quantitative estimate of drug-likeness (QED) is 0.717. The molecule has 0 bridgehead atoms. The van der Waals surface area contributed by atoms with Crippen molar-refractivity contribution < 1.29 is 9.59 Å². The van der Waals surface area contributed by atoms with E-state index in [2.05, 4.69) is 18.8 Å². The highest BCUT2D eigenvalue weighted by Gasteiger charge is 2.41. The number of aromatic nitrogens is 3. The molecule has 0 saturated carbocycles. The number of pyridine rings is 1. The molecule has 1 amide bonds. The number of ketones is 1. The van der Waals surface area contributed by atoms with Crippen molar-refractivity contribution in [1.82, 2.24) is 19.7 Å². The van der Waals surface area contributed by atoms with Crippen molar-refractivity contribution >= 4 is 11.7 Å². The first-order valence-electron chi connectivity index (χ1n) is 10.7. The lowest BCUT2D eigenvalue weighted by molar-refractivity contribution is -0.127. The van der Waals surface area contributed by atoms with Crippen LogP contribution in [-0.4, -0.2) is 37.9 Å². The van der Waals surface area contributed by atoms with Gasteiger partial charge in [0.2, 0.25) is 5.91 Å². The lowest BCUT2D eigenvalue weighted by Gasteiger charge is -2.30. The van der Waals surface area contributed by atoms with Crippen LogP contribution in [0.25, 0.3) is 0 Å². The third-order valence-electron chi connectivity index (χ3n) is 5.95. The van der Waals surface area contributed by atoms with Gasteiger partial charge in [-0.2, -0.15) is 5.10 Å². The Hall–Kier alpha value is -2.76. The van der Waals surface area contributed by atoms with Crippen molar-refractivity contribution in [3.63, 3.8) is 0 Å². The zero-order chi connectivity index (χ0) is 21.5. The van der Waals surface area contributed by atoms with E-state index in [1.165, 1.54) is 0 Å². The molecule has 6 nitrogen and oxygen atoms in total. The number of nitrogens with zero attached hydrogens (tertiary/aromatic N) is 4. The number of rotatable bonds is 4. The molecule has 158 valence electrons. The second-order valence-electron chi connectivity index (χ2n) is 9.54. The Morgan fingerprint density at radius 1 is 1.27 bits per heavy atom. The minimum absolute atomic E-state index is 0.00844. The summed E-state index contributed by atoms with van der Waals surface area (Å²) in [5.41, 5.74) is 4.29. The summed E-state index contributed by atoms with van der Waals surface area (Å²) in [4.78, 5) is 32.4. The van der Waals surface area contributed by atoms with E-state index in [0.29, 0.717) is 19.5 Å². The van der Waals surface area contributed by atoms with Crippen molar-refractivity contribution in [1.29, 1.82) is 0 Å². The SMILES string of the molecule is CC(C)=CC(=O)N1CCC[C@H]1c1nn(Cc2ccccn2)c2c1C(=O)CC(C)(C)C2. The molecule has 0 unspecified atom stereocenters. The highest BCUT2D eigenvalue weighted by Crippen LogP contribution is 2.41. The molecule has 3 heterocycles. The second kappa shape index (κ2) is 7.82. The van der Waals surface area contributed by atoms with Crippen LogP contribution in [0.1, 0.15) is 80.4 Å². The fourth-order valence-electron chi connectivity index (χ4n) is 4.69. The highest BCUT2D eigenvalue weighted by atomic mass is 16.2. The summed E-state index contributed by atoms with van der Waals surface area (Å²) in [5.74, 6) is 0.152. The lowest BCUT2D eigenvalue weighted by Crippen LogP contribution is -2.32. The molecule has 1 saturated heterocycles. The second-order valence-corrected chi connectivity index (χ2v) is 9.54. The Balaban J connectivity index is 1.78. The van der Waals surface area contributed by atoms with Crippen molar-refractivity contribution in [2.45, 2.75) is 66.0 Å². The van der Waals surface area contributed by atoms with Crippen LogP contribution in [0, 0.1) is 5.41 Å². The maximum Gasteiger partial charge on any atom is 0.247 e. The number of carbonyl (C=O) groups excluding carboxylic acids is 2. The standard InChI is InChI=1S/C24H30N4O2/c1-16(2)12-21(30)27-11-7-9-18(27)23-22-19(13-24(3,4)14-20(22)29)28(26-23)15-17-8-5-6-10-25-17/h5-6,8,10,12,18H,7,9,11,13-15H2,1-4H3/t18-/m0/s1. The van der Waals surface area contributed by atoms with Crippen molar-refractivity contribution in [3.8, 4) is 0 Å². The zero-order valence-electron chi connectivity index (χ0n) is 18.3. The fourth-order valence-corrected chi connectivity index (χ4v) is 4.69. The van der Waals surface area contributed by atoms with E-state index >= 15 is 0 Å². The molecule has 1 fully saturated rings. The molecule has 0 spiro atoms. The van der Waals surface area contributed by atoms with Crippen LogP contribution in [0.3, 0.4) is 0 Å². The third-order valence-corrected chi connectivity index (χ3v) is 5.95. The smallest absolute Gasteiger partial charge is 0.247 e. The number of likely N-dealkylation sites (tertiary alicyclic amines) is 1. The van der Waals surface area contributed by atoms with Gasteiger partial charge in [0.05, 0.1) is 35.2 Å². The van der Waals surface area contributed by atoms with Gasteiger partial charge in [-0.05, 0) is 50.7 Å². The van der Waals surface area contributed by atoms with Gasteiger partial charge in [-0.25, -0.2) is 0 Å². The van der Waals surface area contributed by atoms with E-state index in [0.717, 1.165) is 47.5 Å². The van der Waals surface area contributed by atoms with E-state index < -0.39 is 0 Å². The van der Waals surface area contributed by atoms with Gasteiger partial charge < -0.3 is 4.90 Å². The minimum atomic E-state index is -0.142. The molecule has 0 N–H and O–H groups in total. The molecule has 2 aliphatic rings. The van der Waals surface area contributed by atoms with E-state index in [-0.39, 0.29) is 23.1 Å². The Morgan fingerprint density at radius 2 is 2.07 bits per heavy atom. The Labute approximate surface area is 178 Å². The van der Waals surface area contributed by atoms with E-state index in [1.54, 1.807) is 12.3 Å². The van der Waals surface area contributed by atoms with Crippen LogP contribution in [0.2, 0.25) is 0 Å². The van der Waals surface area contributed by atoms with Crippen molar-refractivity contribution in [2.24, 2.45) is 5.41 Å². The number of hydrogen-bond acceptors (Lipinski definition) is 4. The van der Waals surface area contributed by atoms with Crippen LogP contribution < -0.4 is 0 Å². The number of fused-ring (bicyclic) bond motifs is 1. The van der Waals surface area contributed by atoms with E-state index in [4.69, 9.17) is 5.10 Å². The van der Waals surface area contributed by atoms with E-state index in [9.17, 15) is 9.59 Å². The summed E-state index contributed by atoms with van der Waals surface area (Å²) < 4.78 is 1.95. The molecule has 2 aromatic heterocycles. The van der Waals surface area contributed by atoms with Crippen molar-refractivity contribution in [2.75, 3.05) is 6.54 Å². The average Bonchev–Trinajstić information content (AvgIpc) is 3.26. The Bertz CT molecular complexity index is 1000. The normalized spacial score (nSPS) is 20.2. The average molecular weight is 407 g/mol. The number of allylic oxidation sites excluding steroid dienone is 1. The largest absolute Gasteiger partial charge is 0.330 e. The summed E-state index contributed by atoms with van der Waals surface area (Å²) in [6, 6.07) is 5.69. The monoisotopic (exact) mass is 406 g/mol. The molecule has 2 aromatic rings. The topological polar surface area (TPSA) is 68.1 Å². The molecule has 1 aliphatic heterocycles. The first-order chi connectivity index (χ1) is 14.2. The van der Waals surface area contributed by atoms with Crippen LogP contribution in [-0.2, 0) is 17.8 Å². The molecule has 0 aromatic carbocycles. The zero-order valence-corrected chi connectivity index (χ0v) is 18.3. The van der Waals surface area contributed by atoms with E-state index in [1.807, 2.05) is 41.6 Å². The van der Waals surface area contributed by atoms with Gasteiger partial charge >= 0.3 is 0 Å². The summed E-state index contributed by atoms with van der Waals surface area (Å²) >= 11 is 0. The Morgan fingerprint density at radius 3 is 2.77 bits per heavy atom. The van der Waals surface area contributed by atoms with Gasteiger partial charge in [-0.1, -0.05) is 25.5 Å². The van der Waals surface area contributed by atoms with Gasteiger partial charge in [0, 0.05) is 25.2 Å². The van der Waals surface area contributed by atoms with Gasteiger partial charge in [-0.3, -0.25) is 19.3 Å². The van der Waals surface area contributed by atoms with Crippen LogP contribution in [0.5, 0.6) is 0 Å². The minimum Gasteiger partial charge on any atom is -0.330 e. The third kappa shape index (κ3) is 3.95. The van der Waals surface area contributed by atoms with Crippen LogP contribution in [0.15, 0.2) is 36.0 Å². The fraction of sp³-hybridized carbons (Fsp3) is 0.500. The molecule has 30 heavy (non-hydrogen) atoms. The predicted molar refractivity (Wildman–Crippen MR) is 115 cm³/mol.